The molecule has 1 N–H and O–H groups in total. The van der Waals surface area contributed by atoms with E-state index in [1.807, 2.05) is 49.4 Å². The molecule has 1 amide bonds. The lowest BCUT2D eigenvalue weighted by Gasteiger charge is -2.19. The molecule has 5 heteroatoms. The number of ether oxygens (including phenoxy) is 1. The number of aryl methyl sites for hydroxylation is 1. The molecular formula is C22H23N3O2. The van der Waals surface area contributed by atoms with Gasteiger partial charge in [0.1, 0.15) is 18.9 Å². The van der Waals surface area contributed by atoms with Crippen LogP contribution in [0.4, 0.5) is 0 Å². The molecule has 0 saturated carbocycles. The summed E-state index contributed by atoms with van der Waals surface area (Å²) in [5.41, 5.74) is 4.26. The molecule has 1 aliphatic heterocycles. The number of carbonyl (C=O) groups excluding carboxylic acids is 1. The van der Waals surface area contributed by atoms with Gasteiger partial charge in [-0.2, -0.15) is 5.10 Å². The Kier molecular flexibility index (Phi) is 4.92. The molecular weight excluding hydrogens is 338 g/mol. The second-order valence-electron chi connectivity index (χ2n) is 6.95. The van der Waals surface area contributed by atoms with Crippen molar-refractivity contribution in [3.05, 3.63) is 71.9 Å². The molecule has 0 spiro atoms. The van der Waals surface area contributed by atoms with Gasteiger partial charge >= 0.3 is 0 Å². The first kappa shape index (κ1) is 17.3. The van der Waals surface area contributed by atoms with Gasteiger partial charge in [-0.15, -0.1) is 0 Å². The average molecular weight is 361 g/mol. The number of hydrogen-bond acceptors (Lipinski definition) is 3. The zero-order chi connectivity index (χ0) is 18.6. The van der Waals surface area contributed by atoms with Crippen LogP contribution in [0.1, 0.15) is 24.5 Å². The molecule has 5 nitrogen and oxygen atoms in total. The quantitative estimate of drug-likeness (QED) is 0.730. The fourth-order valence-corrected chi connectivity index (χ4v) is 3.46. The Morgan fingerprint density at radius 2 is 1.96 bits per heavy atom. The molecule has 0 fully saturated rings. The van der Waals surface area contributed by atoms with Gasteiger partial charge in [-0.3, -0.25) is 9.48 Å². The van der Waals surface area contributed by atoms with Crippen LogP contribution < -0.4 is 10.1 Å². The summed E-state index contributed by atoms with van der Waals surface area (Å²) in [6.45, 7) is 2.74. The Balaban J connectivity index is 1.39. The molecule has 4 rings (SSSR count). The van der Waals surface area contributed by atoms with Crippen LogP contribution in [0.5, 0.6) is 5.75 Å². The van der Waals surface area contributed by atoms with E-state index in [9.17, 15) is 4.79 Å². The van der Waals surface area contributed by atoms with E-state index in [2.05, 4.69) is 22.5 Å². The van der Waals surface area contributed by atoms with E-state index >= 15 is 0 Å². The Morgan fingerprint density at radius 1 is 1.19 bits per heavy atom. The van der Waals surface area contributed by atoms with Crippen LogP contribution >= 0.6 is 0 Å². The van der Waals surface area contributed by atoms with Gasteiger partial charge < -0.3 is 10.1 Å². The second kappa shape index (κ2) is 7.66. The third kappa shape index (κ3) is 3.87. The second-order valence-corrected chi connectivity index (χ2v) is 6.95. The van der Waals surface area contributed by atoms with Gasteiger partial charge in [-0.25, -0.2) is 0 Å². The first-order valence-electron chi connectivity index (χ1n) is 9.31. The van der Waals surface area contributed by atoms with Crippen molar-refractivity contribution in [2.45, 2.75) is 39.0 Å². The monoisotopic (exact) mass is 361 g/mol. The van der Waals surface area contributed by atoms with E-state index in [0.717, 1.165) is 35.4 Å². The average Bonchev–Trinajstić information content (AvgIpc) is 3.10. The zero-order valence-corrected chi connectivity index (χ0v) is 15.4. The molecule has 1 atom stereocenters. The van der Waals surface area contributed by atoms with Crippen molar-refractivity contribution in [1.82, 2.24) is 15.1 Å². The maximum absolute atomic E-state index is 12.5. The molecule has 0 unspecified atom stereocenters. The van der Waals surface area contributed by atoms with Gasteiger partial charge in [0.2, 0.25) is 5.91 Å². The molecule has 1 aliphatic rings. The maximum atomic E-state index is 12.5. The highest BCUT2D eigenvalue weighted by molar-refractivity contribution is 5.78. The lowest BCUT2D eigenvalue weighted by atomic mass is 10.0. The number of nitrogens with one attached hydrogen (secondary N) is 1. The van der Waals surface area contributed by atoms with E-state index in [1.165, 1.54) is 5.56 Å². The molecule has 0 bridgehead atoms. The Hall–Kier alpha value is -3.08. The summed E-state index contributed by atoms with van der Waals surface area (Å²) in [4.78, 5) is 12.5. The number of carbonyl (C=O) groups is 1. The van der Waals surface area contributed by atoms with Crippen LogP contribution in [0.3, 0.4) is 0 Å². The lowest BCUT2D eigenvalue weighted by molar-refractivity contribution is -0.122. The normalized spacial score (nSPS) is 13.2. The fraction of sp³-hybridized carbons (Fsp3) is 0.273. The highest BCUT2D eigenvalue weighted by atomic mass is 16.5. The van der Waals surface area contributed by atoms with Gasteiger partial charge in [0, 0.05) is 17.2 Å². The van der Waals surface area contributed by atoms with Gasteiger partial charge in [-0.05, 0) is 37.5 Å². The Bertz CT molecular complexity index is 934. The van der Waals surface area contributed by atoms with Crippen molar-refractivity contribution in [3.63, 3.8) is 0 Å². The van der Waals surface area contributed by atoms with E-state index in [-0.39, 0.29) is 18.5 Å². The van der Waals surface area contributed by atoms with Crippen LogP contribution in [0.25, 0.3) is 11.3 Å². The van der Waals surface area contributed by atoms with Crippen molar-refractivity contribution in [1.29, 1.82) is 0 Å². The summed E-state index contributed by atoms with van der Waals surface area (Å²) in [7, 11) is 0. The Morgan fingerprint density at radius 3 is 2.81 bits per heavy atom. The van der Waals surface area contributed by atoms with E-state index in [4.69, 9.17) is 4.74 Å². The molecule has 2 heterocycles. The number of amides is 1. The minimum atomic E-state index is -0.0227. The minimum Gasteiger partial charge on any atom is -0.488 e. The fourth-order valence-electron chi connectivity index (χ4n) is 3.46. The number of rotatable bonds is 6. The lowest BCUT2D eigenvalue weighted by Crippen LogP contribution is -2.35. The van der Waals surface area contributed by atoms with E-state index in [0.29, 0.717) is 6.61 Å². The highest BCUT2D eigenvalue weighted by Gasteiger charge is 2.23. The predicted octanol–water partition coefficient (Wildman–Crippen LogP) is 3.58. The third-order valence-corrected chi connectivity index (χ3v) is 4.85. The zero-order valence-electron chi connectivity index (χ0n) is 15.4. The number of fused-ring (bicyclic) bond motifs is 3. The summed E-state index contributed by atoms with van der Waals surface area (Å²) in [6, 6.07) is 18.3. The molecule has 27 heavy (non-hydrogen) atoms. The van der Waals surface area contributed by atoms with Crippen LogP contribution in [-0.4, -0.2) is 21.7 Å². The van der Waals surface area contributed by atoms with Crippen molar-refractivity contribution in [2.75, 3.05) is 0 Å². The van der Waals surface area contributed by atoms with E-state index in [1.54, 1.807) is 10.9 Å². The first-order valence-corrected chi connectivity index (χ1v) is 9.31. The number of para-hydroxylation sites is 1. The highest BCUT2D eigenvalue weighted by Crippen LogP contribution is 2.36. The summed E-state index contributed by atoms with van der Waals surface area (Å²) >= 11 is 0. The number of hydrogen-bond donors (Lipinski definition) is 1. The van der Waals surface area contributed by atoms with Crippen LogP contribution in [0.2, 0.25) is 0 Å². The topological polar surface area (TPSA) is 56.2 Å². The molecule has 138 valence electrons. The largest absolute Gasteiger partial charge is 0.488 e. The van der Waals surface area contributed by atoms with Crippen molar-refractivity contribution in [2.24, 2.45) is 0 Å². The summed E-state index contributed by atoms with van der Waals surface area (Å²) in [5, 5.41) is 7.50. The number of nitrogens with zero attached hydrogens (tertiary/aromatic N) is 2. The summed E-state index contributed by atoms with van der Waals surface area (Å²) in [6.07, 6.45) is 3.64. The smallest absolute Gasteiger partial charge is 0.241 e. The van der Waals surface area contributed by atoms with Gasteiger partial charge in [0.05, 0.1) is 11.9 Å². The Labute approximate surface area is 159 Å². The van der Waals surface area contributed by atoms with Gasteiger partial charge in [-0.1, -0.05) is 42.5 Å². The van der Waals surface area contributed by atoms with Crippen molar-refractivity contribution >= 4 is 5.91 Å². The molecule has 2 aromatic carbocycles. The van der Waals surface area contributed by atoms with Crippen molar-refractivity contribution < 1.29 is 9.53 Å². The van der Waals surface area contributed by atoms with Crippen molar-refractivity contribution in [3.8, 4) is 17.0 Å². The van der Waals surface area contributed by atoms with Crippen LogP contribution in [0, 0.1) is 0 Å². The van der Waals surface area contributed by atoms with Crippen LogP contribution in [0.15, 0.2) is 60.8 Å². The van der Waals surface area contributed by atoms with Gasteiger partial charge in [0.25, 0.3) is 0 Å². The molecule has 1 aromatic heterocycles. The van der Waals surface area contributed by atoms with E-state index < -0.39 is 0 Å². The first-order chi connectivity index (χ1) is 13.2. The SMILES string of the molecule is C[C@H](CCc1ccccc1)NC(=O)Cn1ncc2c1-c1ccccc1OC2. The number of benzene rings is 2. The maximum Gasteiger partial charge on any atom is 0.241 e. The molecule has 3 aromatic rings. The predicted molar refractivity (Wildman–Crippen MR) is 104 cm³/mol. The summed E-state index contributed by atoms with van der Waals surface area (Å²) in [5.74, 6) is 0.814. The van der Waals surface area contributed by atoms with Crippen LogP contribution in [-0.2, 0) is 24.4 Å². The number of aromatic nitrogens is 2. The third-order valence-electron chi connectivity index (χ3n) is 4.85. The molecule has 0 radical (unpaired) electrons. The molecule has 0 saturated heterocycles. The standard InChI is InChI=1S/C22H23N3O2/c1-16(11-12-17-7-3-2-4-8-17)24-21(26)14-25-22-18(13-23-25)15-27-20-10-6-5-9-19(20)22/h2-10,13,16H,11-12,14-15H2,1H3,(H,24,26)/t16-/m1/s1. The molecule has 0 aliphatic carbocycles. The minimum absolute atomic E-state index is 0.0227. The summed E-state index contributed by atoms with van der Waals surface area (Å²) < 4.78 is 7.53. The van der Waals surface area contributed by atoms with Gasteiger partial charge in [0.15, 0.2) is 0 Å².